The number of nitrogens with zero attached hydrogens (tertiary/aromatic N) is 2. The van der Waals surface area contributed by atoms with Crippen molar-refractivity contribution >= 4 is 34.7 Å². The molecule has 22 heavy (non-hydrogen) atoms. The molecule has 0 atom stereocenters. The molecule has 1 N–H and O–H groups in total. The monoisotopic (exact) mass is 329 g/mol. The molecule has 0 aliphatic rings. The molecular weight excluding hydrogens is 318 g/mol. The minimum atomic E-state index is -0.660. The third-order valence-electron chi connectivity index (χ3n) is 2.80. The number of H-pyrrole nitrogens is 1. The maximum atomic E-state index is 11.9. The standard InChI is InChI=1S/C15H11N3O2S2/c19-12(14(20)15-16-9-17-18-15)8-11-6-7-13(22-11)21-10-4-2-1-3-5-10/h1-7,9H,8H2,(H,16,17,18). The van der Waals surface area contributed by atoms with Crippen molar-refractivity contribution in [1.29, 1.82) is 0 Å². The summed E-state index contributed by atoms with van der Waals surface area (Å²) in [6.45, 7) is 0. The lowest BCUT2D eigenvalue weighted by molar-refractivity contribution is -0.114. The Morgan fingerprint density at radius 1 is 1.14 bits per heavy atom. The van der Waals surface area contributed by atoms with Gasteiger partial charge in [-0.2, -0.15) is 0 Å². The first-order valence-electron chi connectivity index (χ1n) is 6.47. The van der Waals surface area contributed by atoms with Gasteiger partial charge in [0.2, 0.25) is 11.6 Å². The van der Waals surface area contributed by atoms with Gasteiger partial charge in [-0.1, -0.05) is 30.0 Å². The Bertz CT molecular complexity index is 782. The first-order valence-corrected chi connectivity index (χ1v) is 8.10. The summed E-state index contributed by atoms with van der Waals surface area (Å²) in [7, 11) is 0. The fourth-order valence-corrected chi connectivity index (χ4v) is 3.97. The molecule has 0 amide bonds. The summed E-state index contributed by atoms with van der Waals surface area (Å²) in [5, 5.41) is 6.06. The number of aromatic nitrogens is 3. The molecule has 5 nitrogen and oxygen atoms in total. The second-order valence-corrected chi connectivity index (χ2v) is 6.93. The molecule has 0 aliphatic carbocycles. The summed E-state index contributed by atoms with van der Waals surface area (Å²) in [5.41, 5.74) is 0. The Morgan fingerprint density at radius 3 is 2.68 bits per heavy atom. The predicted octanol–water partition coefficient (Wildman–Crippen LogP) is 3.01. The van der Waals surface area contributed by atoms with Crippen molar-refractivity contribution in [1.82, 2.24) is 15.2 Å². The summed E-state index contributed by atoms with van der Waals surface area (Å²) in [6.07, 6.45) is 1.35. The lowest BCUT2D eigenvalue weighted by Gasteiger charge is -1.97. The first kappa shape index (κ1) is 14.7. The smallest absolute Gasteiger partial charge is 0.267 e. The molecule has 0 bridgehead atoms. The van der Waals surface area contributed by atoms with Crippen LogP contribution in [0.15, 0.2) is 57.9 Å². The highest BCUT2D eigenvalue weighted by molar-refractivity contribution is 8.01. The van der Waals surface area contributed by atoms with Gasteiger partial charge in [-0.3, -0.25) is 14.7 Å². The number of ketones is 2. The van der Waals surface area contributed by atoms with Crippen molar-refractivity contribution in [2.75, 3.05) is 0 Å². The number of carbonyl (C=O) groups is 2. The zero-order chi connectivity index (χ0) is 15.4. The van der Waals surface area contributed by atoms with Crippen LogP contribution in [-0.2, 0) is 11.2 Å². The van der Waals surface area contributed by atoms with E-state index >= 15 is 0 Å². The molecule has 3 rings (SSSR count). The number of thiophene rings is 1. The number of benzene rings is 1. The van der Waals surface area contributed by atoms with Gasteiger partial charge in [0.25, 0.3) is 5.78 Å². The van der Waals surface area contributed by atoms with Crippen molar-refractivity contribution in [2.24, 2.45) is 0 Å². The molecule has 7 heteroatoms. The van der Waals surface area contributed by atoms with E-state index in [1.165, 1.54) is 17.7 Å². The van der Waals surface area contributed by atoms with Crippen LogP contribution in [0.4, 0.5) is 0 Å². The van der Waals surface area contributed by atoms with Crippen LogP contribution in [-0.4, -0.2) is 26.7 Å². The van der Waals surface area contributed by atoms with Gasteiger partial charge in [0.1, 0.15) is 6.33 Å². The number of aromatic amines is 1. The van der Waals surface area contributed by atoms with Crippen LogP contribution in [0.2, 0.25) is 0 Å². The Labute approximate surface area is 134 Å². The molecule has 0 radical (unpaired) electrons. The van der Waals surface area contributed by atoms with Crippen LogP contribution in [0.1, 0.15) is 15.5 Å². The van der Waals surface area contributed by atoms with E-state index in [1.807, 2.05) is 42.5 Å². The molecule has 0 spiro atoms. The van der Waals surface area contributed by atoms with E-state index in [2.05, 4.69) is 15.2 Å². The van der Waals surface area contributed by atoms with E-state index in [-0.39, 0.29) is 12.2 Å². The number of Topliss-reactive ketones (excluding diaryl/α,β-unsaturated/α-hetero) is 2. The number of hydrogen-bond acceptors (Lipinski definition) is 6. The Hall–Kier alpha value is -2.25. The lowest BCUT2D eigenvalue weighted by atomic mass is 10.1. The molecule has 2 heterocycles. The normalized spacial score (nSPS) is 10.5. The van der Waals surface area contributed by atoms with Gasteiger partial charge in [-0.25, -0.2) is 4.98 Å². The Balaban J connectivity index is 1.64. The van der Waals surface area contributed by atoms with Gasteiger partial charge in [0, 0.05) is 16.2 Å². The molecular formula is C15H11N3O2S2. The maximum absolute atomic E-state index is 11.9. The third-order valence-corrected chi connectivity index (χ3v) is 5.03. The van der Waals surface area contributed by atoms with E-state index in [0.29, 0.717) is 0 Å². The van der Waals surface area contributed by atoms with Crippen LogP contribution in [0, 0.1) is 0 Å². The molecule has 0 aliphatic heterocycles. The lowest BCUT2D eigenvalue weighted by Crippen LogP contribution is -2.17. The van der Waals surface area contributed by atoms with Gasteiger partial charge in [-0.05, 0) is 24.3 Å². The van der Waals surface area contributed by atoms with Crippen LogP contribution in [0.25, 0.3) is 0 Å². The van der Waals surface area contributed by atoms with Gasteiger partial charge in [0.05, 0.1) is 4.21 Å². The zero-order valence-corrected chi connectivity index (χ0v) is 13.0. The molecule has 110 valence electrons. The van der Waals surface area contributed by atoms with E-state index in [1.54, 1.807) is 11.8 Å². The predicted molar refractivity (Wildman–Crippen MR) is 84.3 cm³/mol. The summed E-state index contributed by atoms with van der Waals surface area (Å²) in [4.78, 5) is 29.4. The summed E-state index contributed by atoms with van der Waals surface area (Å²) < 4.78 is 1.08. The molecule has 3 aromatic rings. The Kier molecular flexibility index (Phi) is 4.45. The number of nitrogens with one attached hydrogen (secondary N) is 1. The number of hydrogen-bond donors (Lipinski definition) is 1. The minimum absolute atomic E-state index is 0.0768. The molecule has 2 aromatic heterocycles. The van der Waals surface area contributed by atoms with Gasteiger partial charge in [0.15, 0.2) is 0 Å². The van der Waals surface area contributed by atoms with Crippen LogP contribution >= 0.6 is 23.1 Å². The van der Waals surface area contributed by atoms with E-state index in [0.717, 1.165) is 14.0 Å². The van der Waals surface area contributed by atoms with E-state index in [4.69, 9.17) is 0 Å². The highest BCUT2D eigenvalue weighted by atomic mass is 32.2. The molecule has 1 aromatic carbocycles. The second-order valence-electron chi connectivity index (χ2n) is 4.39. The minimum Gasteiger partial charge on any atom is -0.290 e. The molecule has 0 fully saturated rings. The average molecular weight is 329 g/mol. The number of carbonyl (C=O) groups excluding carboxylic acids is 2. The molecule has 0 saturated heterocycles. The third kappa shape index (κ3) is 3.49. The van der Waals surface area contributed by atoms with Crippen molar-refractivity contribution < 1.29 is 9.59 Å². The van der Waals surface area contributed by atoms with Gasteiger partial charge < -0.3 is 0 Å². The first-order chi connectivity index (χ1) is 10.7. The fraction of sp³-hybridized carbons (Fsp3) is 0.0667. The van der Waals surface area contributed by atoms with E-state index in [9.17, 15) is 9.59 Å². The number of rotatable bonds is 6. The quantitative estimate of drug-likeness (QED) is 0.556. The highest BCUT2D eigenvalue weighted by Gasteiger charge is 2.20. The topological polar surface area (TPSA) is 75.7 Å². The summed E-state index contributed by atoms with van der Waals surface area (Å²) in [6, 6.07) is 13.8. The largest absolute Gasteiger partial charge is 0.290 e. The SMILES string of the molecule is O=C(Cc1ccc(Sc2ccccc2)s1)C(=O)c1nc[nH]n1. The highest BCUT2D eigenvalue weighted by Crippen LogP contribution is 2.33. The van der Waals surface area contributed by atoms with Crippen molar-refractivity contribution in [3.63, 3.8) is 0 Å². The fourth-order valence-electron chi connectivity index (χ4n) is 1.79. The zero-order valence-electron chi connectivity index (χ0n) is 11.4. The van der Waals surface area contributed by atoms with Crippen molar-refractivity contribution in [3.8, 4) is 0 Å². The van der Waals surface area contributed by atoms with Crippen LogP contribution < -0.4 is 0 Å². The van der Waals surface area contributed by atoms with Gasteiger partial charge >= 0.3 is 0 Å². The maximum Gasteiger partial charge on any atom is 0.267 e. The van der Waals surface area contributed by atoms with Crippen molar-refractivity contribution in [2.45, 2.75) is 15.5 Å². The second kappa shape index (κ2) is 6.67. The van der Waals surface area contributed by atoms with Crippen molar-refractivity contribution in [3.05, 3.63) is 59.5 Å². The molecule has 0 saturated carbocycles. The van der Waals surface area contributed by atoms with E-state index < -0.39 is 11.6 Å². The Morgan fingerprint density at radius 2 is 1.95 bits per heavy atom. The molecule has 0 unspecified atom stereocenters. The van der Waals surface area contributed by atoms with Gasteiger partial charge in [-0.15, -0.1) is 16.4 Å². The van der Waals surface area contributed by atoms with Crippen LogP contribution in [0.5, 0.6) is 0 Å². The van der Waals surface area contributed by atoms with Crippen LogP contribution in [0.3, 0.4) is 0 Å². The summed E-state index contributed by atoms with van der Waals surface area (Å²) in [5.74, 6) is -1.25. The average Bonchev–Trinajstić information content (AvgIpc) is 3.19. The summed E-state index contributed by atoms with van der Waals surface area (Å²) >= 11 is 3.15.